The lowest BCUT2D eigenvalue weighted by Gasteiger charge is -2.07. The molecule has 0 amide bonds. The molecule has 0 N–H and O–H groups in total. The van der Waals surface area contributed by atoms with E-state index in [-0.39, 0.29) is 5.70 Å². The van der Waals surface area contributed by atoms with Crippen LogP contribution in [0, 0.1) is 24.8 Å². The molecule has 0 aliphatic heterocycles. The number of hydrogen-bond donors (Lipinski definition) is 0. The summed E-state index contributed by atoms with van der Waals surface area (Å²) in [7, 11) is 0. The van der Waals surface area contributed by atoms with Crippen molar-refractivity contribution >= 4 is 58.2 Å². The number of halogens is 3. The Hall–Kier alpha value is -4.17. The molecule has 2 aromatic heterocycles. The first-order chi connectivity index (χ1) is 17.7. The molecule has 182 valence electrons. The van der Waals surface area contributed by atoms with Gasteiger partial charge in [-0.2, -0.15) is 18.4 Å². The summed E-state index contributed by atoms with van der Waals surface area (Å²) in [6, 6.07) is 22.5. The van der Waals surface area contributed by atoms with E-state index in [1.807, 2.05) is 73.7 Å². The van der Waals surface area contributed by atoms with Crippen molar-refractivity contribution in [3.8, 4) is 6.07 Å². The quantitative estimate of drug-likeness (QED) is 0.181. The van der Waals surface area contributed by atoms with E-state index in [0.29, 0.717) is 11.1 Å². The van der Waals surface area contributed by atoms with Gasteiger partial charge in [0.25, 0.3) is 0 Å². The highest BCUT2D eigenvalue weighted by molar-refractivity contribution is 7.14. The molecule has 37 heavy (non-hydrogen) atoms. The van der Waals surface area contributed by atoms with E-state index in [0.717, 1.165) is 42.8 Å². The smallest absolute Gasteiger partial charge is 0.237 e. The minimum absolute atomic E-state index is 0.280. The van der Waals surface area contributed by atoms with Gasteiger partial charge in [0, 0.05) is 19.5 Å². The van der Waals surface area contributed by atoms with Gasteiger partial charge in [-0.15, -0.1) is 22.7 Å². The topological polar surface area (TPSA) is 28.1 Å². The summed E-state index contributed by atoms with van der Waals surface area (Å²) in [4.78, 5) is 7.32. The first-order valence-corrected chi connectivity index (χ1v) is 12.7. The molecule has 0 radical (unpaired) electrons. The van der Waals surface area contributed by atoms with Crippen LogP contribution in [0.4, 0.5) is 13.2 Å². The third-order valence-electron chi connectivity index (χ3n) is 5.38. The molecule has 7 heteroatoms. The van der Waals surface area contributed by atoms with Gasteiger partial charge in [0.1, 0.15) is 0 Å². The molecule has 0 atom stereocenters. The maximum atomic E-state index is 12.8. The van der Waals surface area contributed by atoms with Crippen LogP contribution in [0.15, 0.2) is 72.8 Å². The van der Waals surface area contributed by atoms with E-state index in [2.05, 4.69) is 10.9 Å². The molecule has 0 aliphatic rings. The van der Waals surface area contributed by atoms with Crippen molar-refractivity contribution < 1.29 is 13.2 Å². The van der Waals surface area contributed by atoms with Crippen LogP contribution < -0.4 is 0 Å². The Morgan fingerprint density at radius 2 is 1.30 bits per heavy atom. The van der Waals surface area contributed by atoms with Crippen LogP contribution >= 0.6 is 22.7 Å². The van der Waals surface area contributed by atoms with Crippen molar-refractivity contribution in [1.82, 2.24) is 0 Å². The van der Waals surface area contributed by atoms with Crippen LogP contribution in [0.3, 0.4) is 0 Å². The predicted molar refractivity (Wildman–Crippen MR) is 148 cm³/mol. The van der Waals surface area contributed by atoms with Gasteiger partial charge in [0.15, 0.2) is 5.70 Å². The minimum atomic E-state index is -4.41. The van der Waals surface area contributed by atoms with Crippen LogP contribution in [0.25, 0.3) is 40.4 Å². The Labute approximate surface area is 221 Å². The van der Waals surface area contributed by atoms with Gasteiger partial charge in [0.05, 0.1) is 23.8 Å². The number of benzene rings is 2. The van der Waals surface area contributed by atoms with Gasteiger partial charge in [-0.3, -0.25) is 0 Å². The number of alkyl halides is 3. The second-order valence-corrected chi connectivity index (χ2v) is 10.4. The van der Waals surface area contributed by atoms with E-state index in [9.17, 15) is 18.4 Å². The summed E-state index contributed by atoms with van der Waals surface area (Å²) < 4.78 is 38.4. The second-order valence-electron chi connectivity index (χ2n) is 8.07. The second kappa shape index (κ2) is 11.3. The number of rotatable bonds is 6. The third-order valence-corrected chi connectivity index (χ3v) is 7.38. The lowest BCUT2D eigenvalue weighted by Crippen LogP contribution is -2.04. The Morgan fingerprint density at radius 1 is 0.784 bits per heavy atom. The Kier molecular flexibility index (Phi) is 7.89. The fraction of sp³-hybridized carbons (Fsp3) is 0.0667. The van der Waals surface area contributed by atoms with Crippen LogP contribution in [-0.2, 0) is 6.18 Å². The molecule has 2 heterocycles. The highest BCUT2D eigenvalue weighted by Gasteiger charge is 2.30. The molecule has 0 saturated carbocycles. The Balaban J connectivity index is 1.47. The van der Waals surface area contributed by atoms with Gasteiger partial charge in [0.2, 0.25) is 0 Å². The third kappa shape index (κ3) is 6.74. The highest BCUT2D eigenvalue weighted by Crippen LogP contribution is 2.32. The summed E-state index contributed by atoms with van der Waals surface area (Å²) >= 11 is 3.05. The van der Waals surface area contributed by atoms with Gasteiger partial charge >= 0.3 is 6.18 Å². The number of aryl methyl sites for hydroxylation is 1. The van der Waals surface area contributed by atoms with Gasteiger partial charge in [-0.05, 0) is 66.6 Å². The van der Waals surface area contributed by atoms with E-state index in [1.165, 1.54) is 23.5 Å². The molecule has 0 spiro atoms. The Morgan fingerprint density at radius 3 is 1.81 bits per heavy atom. The first kappa shape index (κ1) is 25.9. The van der Waals surface area contributed by atoms with Crippen LogP contribution in [0.5, 0.6) is 0 Å². The van der Waals surface area contributed by atoms with E-state index in [1.54, 1.807) is 17.4 Å². The summed E-state index contributed by atoms with van der Waals surface area (Å²) in [5.74, 6) is 0. The van der Waals surface area contributed by atoms with E-state index < -0.39 is 11.7 Å². The molecule has 0 bridgehead atoms. The van der Waals surface area contributed by atoms with Crippen LogP contribution in [0.2, 0.25) is 0 Å². The molecule has 2 nitrogen and oxygen atoms in total. The summed E-state index contributed by atoms with van der Waals surface area (Å²) in [6.45, 7) is 9.46. The van der Waals surface area contributed by atoms with E-state index in [4.69, 9.17) is 6.57 Å². The lowest BCUT2D eigenvalue weighted by molar-refractivity contribution is -0.137. The largest absolute Gasteiger partial charge is 0.416 e. The molecule has 0 fully saturated rings. The first-order valence-electron chi connectivity index (χ1n) is 11.1. The van der Waals surface area contributed by atoms with Gasteiger partial charge < -0.3 is 0 Å². The zero-order valence-corrected chi connectivity index (χ0v) is 21.2. The molecular weight excluding hydrogens is 509 g/mol. The average Bonchev–Trinajstić information content (AvgIpc) is 3.54. The van der Waals surface area contributed by atoms with Crippen molar-refractivity contribution in [3.63, 3.8) is 0 Å². The van der Waals surface area contributed by atoms with Crippen molar-refractivity contribution in [2.75, 3.05) is 0 Å². The van der Waals surface area contributed by atoms with Gasteiger partial charge in [-0.1, -0.05) is 54.1 Å². The lowest BCUT2D eigenvalue weighted by atomic mass is 10.0. The molecule has 2 aromatic carbocycles. The molecule has 0 saturated heterocycles. The van der Waals surface area contributed by atoms with Crippen molar-refractivity contribution in [2.24, 2.45) is 0 Å². The SMILES string of the molecule is [C-]#[N+]/C(=C\c1ccc(/C=C/c2ccc(/C=C(\C#N)c3ccc(C)cc3)s2)s1)c1ccc(C(F)(F)F)cc1. The van der Waals surface area contributed by atoms with Gasteiger partial charge in [-0.25, -0.2) is 4.85 Å². The average molecular weight is 529 g/mol. The summed E-state index contributed by atoms with van der Waals surface area (Å²) in [5, 5.41) is 9.57. The predicted octanol–water partition coefficient (Wildman–Crippen LogP) is 9.79. The van der Waals surface area contributed by atoms with Crippen molar-refractivity contribution in [2.45, 2.75) is 13.1 Å². The van der Waals surface area contributed by atoms with Crippen molar-refractivity contribution in [3.05, 3.63) is 126 Å². The fourth-order valence-electron chi connectivity index (χ4n) is 3.44. The molecular formula is C30H19F3N2S2. The minimum Gasteiger partial charge on any atom is -0.237 e. The number of thiophene rings is 2. The molecule has 4 rings (SSSR count). The fourth-order valence-corrected chi connectivity index (χ4v) is 5.14. The maximum absolute atomic E-state index is 12.8. The normalized spacial score (nSPS) is 12.5. The summed E-state index contributed by atoms with van der Waals surface area (Å²) in [5.41, 5.74) is 2.61. The number of allylic oxidation sites excluding steroid dienone is 1. The number of hydrogen-bond acceptors (Lipinski definition) is 3. The van der Waals surface area contributed by atoms with Crippen molar-refractivity contribution in [1.29, 1.82) is 5.26 Å². The zero-order valence-electron chi connectivity index (χ0n) is 19.6. The van der Waals surface area contributed by atoms with Crippen LogP contribution in [0.1, 0.15) is 41.8 Å². The Bertz CT molecular complexity index is 1570. The standard InChI is InChI=1S/C30H19F3N2S2/c1-20-3-5-21(6-4-20)23(19-34)17-27-15-13-25(36-27)11-12-26-14-16-28(37-26)18-29(35-2)22-7-9-24(10-8-22)30(31,32)33/h3-18H,1H3/b12-11+,23-17+,29-18-. The molecule has 4 aromatic rings. The zero-order chi connectivity index (χ0) is 26.4. The maximum Gasteiger partial charge on any atom is 0.416 e. The van der Waals surface area contributed by atoms with Crippen LogP contribution in [-0.4, -0.2) is 0 Å². The number of nitriles is 1. The molecule has 0 aliphatic carbocycles. The summed E-state index contributed by atoms with van der Waals surface area (Å²) in [6.07, 6.45) is 3.12. The highest BCUT2D eigenvalue weighted by atomic mass is 32.1. The van der Waals surface area contributed by atoms with E-state index >= 15 is 0 Å². The monoisotopic (exact) mass is 528 g/mol. The molecule has 0 unspecified atom stereocenters. The number of nitrogens with zero attached hydrogens (tertiary/aromatic N) is 2.